The van der Waals surface area contributed by atoms with Gasteiger partial charge in [-0.05, 0) is 0 Å². The number of hydrogen-bond donors (Lipinski definition) is 4. The van der Waals surface area contributed by atoms with Crippen molar-refractivity contribution in [3.8, 4) is 0 Å². The standard InChI is InChI=1S/2CH2O3.Li.Sr.3H/c2*2-1(3)4;;;;;/h2*(H2,2,3,4);;;;;. The zero-order valence-corrected chi connectivity index (χ0v) is 3.61. The van der Waals surface area contributed by atoms with Crippen molar-refractivity contribution in [2.45, 2.75) is 0 Å². The van der Waals surface area contributed by atoms with Gasteiger partial charge in [0.2, 0.25) is 0 Å². The number of hydrogen-bond acceptors (Lipinski definition) is 2. The third-order valence-corrected chi connectivity index (χ3v) is 0. The molecule has 0 aliphatic carbocycles. The van der Waals surface area contributed by atoms with Gasteiger partial charge >= 0.3 is 76.7 Å². The molecule has 0 amide bonds. The topological polar surface area (TPSA) is 115 Å². The predicted molar refractivity (Wildman–Crippen MR) is 37.0 cm³/mol. The summed E-state index contributed by atoms with van der Waals surface area (Å²) in [6.45, 7) is 0. The zero-order valence-electron chi connectivity index (χ0n) is 3.61. The van der Waals surface area contributed by atoms with Crippen LogP contribution in [0.15, 0.2) is 0 Å². The first-order valence-electron chi connectivity index (χ1n) is 1.30. The van der Waals surface area contributed by atoms with Crippen LogP contribution in [-0.4, -0.2) is 97.1 Å². The molecule has 0 heterocycles. The summed E-state index contributed by atoms with van der Waals surface area (Å²) in [7, 11) is 0. The molecule has 0 aliphatic rings. The van der Waals surface area contributed by atoms with E-state index in [4.69, 9.17) is 30.0 Å². The summed E-state index contributed by atoms with van der Waals surface area (Å²) in [5, 5.41) is 27.9. The third kappa shape index (κ3) is 1310. The van der Waals surface area contributed by atoms with E-state index >= 15 is 0 Å². The Labute approximate surface area is 105 Å². The van der Waals surface area contributed by atoms with Crippen LogP contribution in [0.2, 0.25) is 0 Å². The first-order chi connectivity index (χ1) is 3.46. The van der Waals surface area contributed by atoms with Crippen LogP contribution in [0.4, 0.5) is 9.59 Å². The second-order valence-corrected chi connectivity index (χ2v) is 0.565. The Hall–Kier alpha value is 0.618. The Morgan fingerprint density at radius 2 is 0.800 bits per heavy atom. The van der Waals surface area contributed by atoms with Gasteiger partial charge in [0.1, 0.15) is 0 Å². The first-order valence-corrected chi connectivity index (χ1v) is 1.30. The van der Waals surface area contributed by atoms with E-state index in [0.717, 1.165) is 0 Å². The van der Waals surface area contributed by atoms with Crippen molar-refractivity contribution >= 4 is 76.7 Å². The van der Waals surface area contributed by atoms with Crippen LogP contribution in [0.5, 0.6) is 0 Å². The second kappa shape index (κ2) is 16.3. The van der Waals surface area contributed by atoms with Crippen LogP contribution in [0.25, 0.3) is 0 Å². The van der Waals surface area contributed by atoms with Crippen molar-refractivity contribution in [1.29, 1.82) is 0 Å². The molecule has 0 saturated carbocycles. The molecule has 0 radical (unpaired) electrons. The van der Waals surface area contributed by atoms with Gasteiger partial charge < -0.3 is 20.4 Å². The molecule has 0 unspecified atom stereocenters. The fourth-order valence-corrected chi connectivity index (χ4v) is 0. The second-order valence-electron chi connectivity index (χ2n) is 0.565. The molecule has 8 heteroatoms. The summed E-state index contributed by atoms with van der Waals surface area (Å²) in [6, 6.07) is 0. The van der Waals surface area contributed by atoms with Crippen molar-refractivity contribution in [2.24, 2.45) is 0 Å². The van der Waals surface area contributed by atoms with E-state index in [-0.39, 0.29) is 64.3 Å². The van der Waals surface area contributed by atoms with Crippen molar-refractivity contribution in [3.63, 3.8) is 0 Å². The van der Waals surface area contributed by atoms with Crippen molar-refractivity contribution < 1.29 is 30.0 Å². The van der Waals surface area contributed by atoms with E-state index in [2.05, 4.69) is 0 Å². The average Bonchev–Trinajstić information content (AvgIpc) is 1.25. The average molecular weight is 222 g/mol. The van der Waals surface area contributed by atoms with Gasteiger partial charge in [0, 0.05) is 0 Å². The molecule has 0 aromatic carbocycles. The van der Waals surface area contributed by atoms with Crippen LogP contribution in [0.3, 0.4) is 0 Å². The maximum absolute atomic E-state index is 8.56. The van der Waals surface area contributed by atoms with Crippen molar-refractivity contribution in [1.82, 2.24) is 0 Å². The maximum atomic E-state index is 8.56. The van der Waals surface area contributed by atoms with Gasteiger partial charge in [-0.15, -0.1) is 0 Å². The summed E-state index contributed by atoms with van der Waals surface area (Å²) < 4.78 is 0. The molecule has 4 N–H and O–H groups in total. The molecule has 0 rings (SSSR count). The molecule has 6 nitrogen and oxygen atoms in total. The van der Waals surface area contributed by atoms with Crippen LogP contribution in [-0.2, 0) is 0 Å². The first kappa shape index (κ1) is 22.4. The van der Waals surface area contributed by atoms with E-state index in [1.807, 2.05) is 0 Å². The molecule has 0 aliphatic heterocycles. The Morgan fingerprint density at radius 3 is 0.800 bits per heavy atom. The third-order valence-electron chi connectivity index (χ3n) is 0. The Morgan fingerprint density at radius 1 is 0.800 bits per heavy atom. The molecule has 0 spiro atoms. The van der Waals surface area contributed by atoms with Crippen LogP contribution >= 0.6 is 0 Å². The molecule has 54 valence electrons. The van der Waals surface area contributed by atoms with Crippen LogP contribution in [0.1, 0.15) is 0 Å². The van der Waals surface area contributed by atoms with Crippen LogP contribution < -0.4 is 0 Å². The van der Waals surface area contributed by atoms with Gasteiger partial charge in [-0.2, -0.15) is 0 Å². The van der Waals surface area contributed by atoms with E-state index in [1.165, 1.54) is 0 Å². The van der Waals surface area contributed by atoms with Gasteiger partial charge in [0.15, 0.2) is 0 Å². The summed E-state index contributed by atoms with van der Waals surface area (Å²) in [4.78, 5) is 17.1. The van der Waals surface area contributed by atoms with Gasteiger partial charge in [0.05, 0.1) is 0 Å². The van der Waals surface area contributed by atoms with E-state index in [9.17, 15) is 0 Å². The van der Waals surface area contributed by atoms with Crippen LogP contribution in [0, 0.1) is 0 Å². The molecular formula is C2H7LiO6Sr. The van der Waals surface area contributed by atoms with Gasteiger partial charge in [-0.25, -0.2) is 9.59 Å². The van der Waals surface area contributed by atoms with E-state index < -0.39 is 12.3 Å². The summed E-state index contributed by atoms with van der Waals surface area (Å²) in [6.07, 6.45) is -3.67. The Balaban J connectivity index is -0.0000000300. The Bertz CT molecular complexity index is 73.7. The molecular weight excluding hydrogens is 215 g/mol. The quantitative estimate of drug-likeness (QED) is 0.385. The predicted octanol–water partition coefficient (Wildman–Crippen LogP) is -1.12. The molecule has 0 aromatic heterocycles. The summed E-state index contributed by atoms with van der Waals surface area (Å²) in [5.41, 5.74) is 0. The van der Waals surface area contributed by atoms with Gasteiger partial charge in [0.25, 0.3) is 0 Å². The molecule has 0 saturated heterocycles. The number of carbonyl (C=O) groups is 2. The fraction of sp³-hybridized carbons (Fsp3) is 0. The molecule has 0 aromatic rings. The molecule has 10 heavy (non-hydrogen) atoms. The van der Waals surface area contributed by atoms with E-state index in [0.29, 0.717) is 0 Å². The van der Waals surface area contributed by atoms with Crippen molar-refractivity contribution in [3.05, 3.63) is 0 Å². The Kier molecular flexibility index (Phi) is 36.6. The summed E-state index contributed by atoms with van der Waals surface area (Å²) >= 11 is 0. The monoisotopic (exact) mass is 222 g/mol. The van der Waals surface area contributed by atoms with Crippen molar-refractivity contribution in [2.75, 3.05) is 0 Å². The zero-order chi connectivity index (χ0) is 7.15. The minimum atomic E-state index is -1.83. The van der Waals surface area contributed by atoms with Gasteiger partial charge in [-0.1, -0.05) is 0 Å². The van der Waals surface area contributed by atoms with E-state index in [1.54, 1.807) is 0 Å². The number of carboxylic acid groups (broad SMARTS) is 4. The fourth-order valence-electron chi connectivity index (χ4n) is 0. The van der Waals surface area contributed by atoms with Gasteiger partial charge in [-0.3, -0.25) is 0 Å². The number of rotatable bonds is 0. The molecule has 0 atom stereocenters. The summed E-state index contributed by atoms with van der Waals surface area (Å²) in [5.74, 6) is 0. The molecule has 0 fully saturated rings. The SMILES string of the molecule is O=C(O)O.O=C(O)O.[LiH].[SrH2]. The normalized spacial score (nSPS) is 4.80. The molecule has 0 bridgehead atoms. The minimum absolute atomic E-state index is 0.